The van der Waals surface area contributed by atoms with Crippen LogP contribution in [0.5, 0.6) is 0 Å². The third-order valence-corrected chi connectivity index (χ3v) is 3.13. The molecule has 112 valence electrons. The van der Waals surface area contributed by atoms with Crippen molar-refractivity contribution >= 4 is 16.9 Å². The van der Waals surface area contributed by atoms with Crippen LogP contribution in [0.2, 0.25) is 0 Å². The van der Waals surface area contributed by atoms with Crippen molar-refractivity contribution in [3.63, 3.8) is 0 Å². The number of hydrogen-bond donors (Lipinski definition) is 1. The highest BCUT2D eigenvalue weighted by molar-refractivity contribution is 5.87. The van der Waals surface area contributed by atoms with Crippen LogP contribution >= 0.6 is 0 Å². The lowest BCUT2D eigenvalue weighted by Gasteiger charge is -2.05. The number of pyridine rings is 1. The van der Waals surface area contributed by atoms with Gasteiger partial charge in [0, 0.05) is 37.8 Å². The number of aryl methyl sites for hydroxylation is 2. The molecule has 0 saturated heterocycles. The Labute approximate surface area is 124 Å². The third kappa shape index (κ3) is 3.88. The lowest BCUT2D eigenvalue weighted by Crippen LogP contribution is -2.21. The molecule has 0 aliphatic carbocycles. The van der Waals surface area contributed by atoms with Crippen molar-refractivity contribution in [2.75, 3.05) is 20.6 Å². The summed E-state index contributed by atoms with van der Waals surface area (Å²) in [5, 5.41) is 8.21. The van der Waals surface area contributed by atoms with Crippen molar-refractivity contribution < 1.29 is 4.79 Å². The van der Waals surface area contributed by atoms with Gasteiger partial charge in [-0.2, -0.15) is 5.10 Å². The number of amides is 1. The van der Waals surface area contributed by atoms with Gasteiger partial charge in [-0.25, -0.2) is 4.98 Å². The molecule has 0 spiro atoms. The molecule has 0 atom stereocenters. The lowest BCUT2D eigenvalue weighted by molar-refractivity contribution is -0.116. The zero-order valence-electron chi connectivity index (χ0n) is 12.9. The van der Waals surface area contributed by atoms with Gasteiger partial charge in [-0.3, -0.25) is 9.48 Å². The maximum Gasteiger partial charge on any atom is 0.243 e. The fourth-order valence-electron chi connectivity index (χ4n) is 2.07. The van der Waals surface area contributed by atoms with E-state index in [2.05, 4.69) is 15.4 Å². The second-order valence-corrected chi connectivity index (χ2v) is 5.31. The molecule has 2 rings (SSSR count). The number of fused-ring (bicyclic) bond motifs is 1. The zero-order chi connectivity index (χ0) is 15.4. The number of likely N-dealkylation sites (N-methyl/N-ethyl adjacent to an activating group) is 1. The first-order valence-corrected chi connectivity index (χ1v) is 6.84. The summed E-state index contributed by atoms with van der Waals surface area (Å²) in [7, 11) is 5.79. The van der Waals surface area contributed by atoms with Crippen molar-refractivity contribution in [2.45, 2.75) is 13.5 Å². The summed E-state index contributed by atoms with van der Waals surface area (Å²) in [5.41, 5.74) is 2.76. The van der Waals surface area contributed by atoms with E-state index in [9.17, 15) is 4.79 Å². The van der Waals surface area contributed by atoms with E-state index in [1.807, 2.05) is 45.1 Å². The molecule has 0 unspecified atom stereocenters. The van der Waals surface area contributed by atoms with Gasteiger partial charge < -0.3 is 10.2 Å². The van der Waals surface area contributed by atoms with Gasteiger partial charge in [-0.15, -0.1) is 0 Å². The Morgan fingerprint density at radius 2 is 2.24 bits per heavy atom. The van der Waals surface area contributed by atoms with Gasteiger partial charge in [0.25, 0.3) is 0 Å². The number of carbonyl (C=O) groups excluding carboxylic acids is 1. The van der Waals surface area contributed by atoms with Crippen LogP contribution in [0.25, 0.3) is 11.0 Å². The minimum absolute atomic E-state index is 0.0974. The molecule has 21 heavy (non-hydrogen) atoms. The summed E-state index contributed by atoms with van der Waals surface area (Å²) in [5.74, 6) is -0.0974. The van der Waals surface area contributed by atoms with Gasteiger partial charge >= 0.3 is 0 Å². The van der Waals surface area contributed by atoms with E-state index in [1.165, 1.54) is 0 Å². The van der Waals surface area contributed by atoms with Gasteiger partial charge in [-0.1, -0.05) is 6.08 Å². The van der Waals surface area contributed by atoms with Gasteiger partial charge in [0.1, 0.15) is 0 Å². The molecule has 6 nitrogen and oxygen atoms in total. The zero-order valence-corrected chi connectivity index (χ0v) is 12.9. The average molecular weight is 287 g/mol. The first kappa shape index (κ1) is 15.2. The molecular formula is C15H21N5O. The molecule has 2 aromatic rings. The van der Waals surface area contributed by atoms with Crippen LogP contribution in [0.3, 0.4) is 0 Å². The number of aromatic nitrogens is 3. The Hall–Kier alpha value is -2.21. The Morgan fingerprint density at radius 3 is 2.95 bits per heavy atom. The van der Waals surface area contributed by atoms with E-state index in [1.54, 1.807) is 17.0 Å². The lowest BCUT2D eigenvalue weighted by atomic mass is 10.2. The molecule has 0 radical (unpaired) electrons. The molecule has 2 aromatic heterocycles. The molecular weight excluding hydrogens is 266 g/mol. The average Bonchev–Trinajstić information content (AvgIpc) is 2.71. The van der Waals surface area contributed by atoms with E-state index >= 15 is 0 Å². The molecule has 0 aliphatic rings. The highest BCUT2D eigenvalue weighted by Crippen LogP contribution is 2.16. The fourth-order valence-corrected chi connectivity index (χ4v) is 2.07. The number of nitrogens with zero attached hydrogens (tertiary/aromatic N) is 4. The molecule has 0 bridgehead atoms. The maximum atomic E-state index is 11.7. The Kier molecular flexibility index (Phi) is 4.70. The monoisotopic (exact) mass is 287 g/mol. The van der Waals surface area contributed by atoms with E-state index in [0.29, 0.717) is 6.54 Å². The molecule has 0 aliphatic heterocycles. The van der Waals surface area contributed by atoms with Crippen LogP contribution in [0.1, 0.15) is 11.3 Å². The number of rotatable bonds is 5. The molecule has 0 aromatic carbocycles. The summed E-state index contributed by atoms with van der Waals surface area (Å²) in [4.78, 5) is 18.1. The van der Waals surface area contributed by atoms with Crippen molar-refractivity contribution in [1.82, 2.24) is 25.0 Å². The van der Waals surface area contributed by atoms with E-state index in [-0.39, 0.29) is 5.91 Å². The summed E-state index contributed by atoms with van der Waals surface area (Å²) < 4.78 is 1.76. The first-order valence-electron chi connectivity index (χ1n) is 6.84. The predicted octanol–water partition coefficient (Wildman–Crippen LogP) is 1.01. The van der Waals surface area contributed by atoms with Crippen LogP contribution in [-0.4, -0.2) is 46.2 Å². The molecule has 2 heterocycles. The SMILES string of the molecule is Cc1nn(C)c2ncc(CNC(=O)/C=C/CN(C)C)cc12. The summed E-state index contributed by atoms with van der Waals surface area (Å²) in [6.07, 6.45) is 5.16. The van der Waals surface area contributed by atoms with Crippen LogP contribution in [-0.2, 0) is 18.4 Å². The van der Waals surface area contributed by atoms with E-state index in [0.717, 1.165) is 28.8 Å². The van der Waals surface area contributed by atoms with Gasteiger partial charge in [-0.05, 0) is 32.6 Å². The number of carbonyl (C=O) groups is 1. The van der Waals surface area contributed by atoms with Gasteiger partial charge in [0.15, 0.2) is 5.65 Å². The third-order valence-electron chi connectivity index (χ3n) is 3.13. The molecule has 6 heteroatoms. The molecule has 1 N–H and O–H groups in total. The van der Waals surface area contributed by atoms with Crippen molar-refractivity contribution in [1.29, 1.82) is 0 Å². The first-order chi connectivity index (χ1) is 9.97. The predicted molar refractivity (Wildman–Crippen MR) is 82.8 cm³/mol. The highest BCUT2D eigenvalue weighted by Gasteiger charge is 2.07. The highest BCUT2D eigenvalue weighted by atomic mass is 16.1. The van der Waals surface area contributed by atoms with Gasteiger partial charge in [0.05, 0.1) is 5.69 Å². The van der Waals surface area contributed by atoms with Gasteiger partial charge in [0.2, 0.25) is 5.91 Å². The van der Waals surface area contributed by atoms with Crippen LogP contribution in [0, 0.1) is 6.92 Å². The van der Waals surface area contributed by atoms with E-state index < -0.39 is 0 Å². The fraction of sp³-hybridized carbons (Fsp3) is 0.400. The van der Waals surface area contributed by atoms with Crippen LogP contribution in [0.4, 0.5) is 0 Å². The Balaban J connectivity index is 1.99. The van der Waals surface area contributed by atoms with Crippen molar-refractivity contribution in [3.05, 3.63) is 35.7 Å². The van der Waals surface area contributed by atoms with Crippen LogP contribution < -0.4 is 5.32 Å². The molecule has 0 saturated carbocycles. The summed E-state index contributed by atoms with van der Waals surface area (Å²) in [6.45, 7) is 3.16. The smallest absolute Gasteiger partial charge is 0.243 e. The second-order valence-electron chi connectivity index (χ2n) is 5.31. The standard InChI is InChI=1S/C15H21N5O/c1-11-13-8-12(10-17-15(13)20(4)18-11)9-16-14(21)6-5-7-19(2)3/h5-6,8,10H,7,9H2,1-4H3,(H,16,21)/b6-5+. The van der Waals surface area contributed by atoms with Crippen molar-refractivity contribution in [2.24, 2.45) is 7.05 Å². The summed E-state index contributed by atoms with van der Waals surface area (Å²) >= 11 is 0. The normalized spacial score (nSPS) is 11.7. The maximum absolute atomic E-state index is 11.7. The van der Waals surface area contributed by atoms with E-state index in [4.69, 9.17) is 0 Å². The molecule has 1 amide bonds. The quantitative estimate of drug-likeness (QED) is 0.834. The summed E-state index contributed by atoms with van der Waals surface area (Å²) in [6, 6.07) is 2.02. The Morgan fingerprint density at radius 1 is 1.48 bits per heavy atom. The Bertz CT molecular complexity index is 672. The number of nitrogens with one attached hydrogen (secondary N) is 1. The minimum Gasteiger partial charge on any atom is -0.348 e. The molecule has 0 fully saturated rings. The topological polar surface area (TPSA) is 63.1 Å². The van der Waals surface area contributed by atoms with Crippen LogP contribution in [0.15, 0.2) is 24.4 Å². The minimum atomic E-state index is -0.0974. The second kappa shape index (κ2) is 6.49. The van der Waals surface area contributed by atoms with Crippen molar-refractivity contribution in [3.8, 4) is 0 Å². The largest absolute Gasteiger partial charge is 0.348 e. The number of hydrogen-bond acceptors (Lipinski definition) is 4.